The van der Waals surface area contributed by atoms with Crippen LogP contribution in [-0.2, 0) is 18.4 Å². The molecule has 0 aliphatic carbocycles. The van der Waals surface area contributed by atoms with Crippen LogP contribution in [0.15, 0.2) is 24.3 Å². The lowest BCUT2D eigenvalue weighted by molar-refractivity contribution is 0.210. The number of aromatic nitrogens is 2. The fourth-order valence-electron chi connectivity index (χ4n) is 3.14. The Morgan fingerprint density at radius 2 is 2.11 bits per heavy atom. The van der Waals surface area contributed by atoms with Crippen molar-refractivity contribution in [2.24, 2.45) is 0 Å². The fraction of sp³-hybridized carbons (Fsp3) is 0.350. The van der Waals surface area contributed by atoms with Gasteiger partial charge in [0.15, 0.2) is 0 Å². The van der Waals surface area contributed by atoms with Crippen molar-refractivity contribution in [3.63, 3.8) is 0 Å². The van der Waals surface area contributed by atoms with Crippen LogP contribution in [0, 0.1) is 22.7 Å². The van der Waals surface area contributed by atoms with Gasteiger partial charge in [-0.1, -0.05) is 12.1 Å². The first-order valence-electron chi connectivity index (χ1n) is 8.85. The zero-order valence-electron chi connectivity index (χ0n) is 16.0. The second kappa shape index (κ2) is 7.53. The lowest BCUT2D eigenvalue weighted by Crippen LogP contribution is -2.38. The highest BCUT2D eigenvalue weighted by atomic mass is 16.5. The molecular weight excluding hydrogens is 356 g/mol. The van der Waals surface area contributed by atoms with Crippen molar-refractivity contribution in [2.45, 2.75) is 32.2 Å². The molecule has 0 spiro atoms. The van der Waals surface area contributed by atoms with Crippen LogP contribution in [0.3, 0.4) is 0 Å². The summed E-state index contributed by atoms with van der Waals surface area (Å²) in [6, 6.07) is 11.2. The number of nitrogens with one attached hydrogen (secondary N) is 1. The van der Waals surface area contributed by atoms with Crippen LogP contribution in [0.25, 0.3) is 0 Å². The molecule has 28 heavy (non-hydrogen) atoms. The number of nitriles is 2. The number of hydrogen-bond acceptors (Lipinski definition) is 6. The van der Waals surface area contributed by atoms with E-state index in [1.165, 1.54) is 13.2 Å². The molecule has 1 aliphatic rings. The van der Waals surface area contributed by atoms with Crippen LogP contribution >= 0.6 is 0 Å². The van der Waals surface area contributed by atoms with Gasteiger partial charge in [0.05, 0.1) is 18.6 Å². The van der Waals surface area contributed by atoms with Gasteiger partial charge < -0.3 is 15.0 Å². The average molecular weight is 376 g/mol. The Morgan fingerprint density at radius 1 is 1.32 bits per heavy atom. The largest absolute Gasteiger partial charge is 0.481 e. The number of ether oxygens (including phenoxy) is 1. The zero-order valence-corrected chi connectivity index (χ0v) is 16.0. The van der Waals surface area contributed by atoms with Crippen molar-refractivity contribution >= 4 is 11.7 Å². The molecule has 0 unspecified atom stereocenters. The van der Waals surface area contributed by atoms with E-state index in [2.05, 4.69) is 21.4 Å². The number of hydrogen-bond donors (Lipinski definition) is 1. The molecule has 8 heteroatoms. The van der Waals surface area contributed by atoms with Crippen LogP contribution in [0.1, 0.15) is 36.5 Å². The minimum Gasteiger partial charge on any atom is -0.481 e. The lowest BCUT2D eigenvalue weighted by Gasteiger charge is -2.30. The minimum atomic E-state index is -0.944. The summed E-state index contributed by atoms with van der Waals surface area (Å²) >= 11 is 0. The Balaban J connectivity index is 1.95. The molecule has 3 rings (SSSR count). The summed E-state index contributed by atoms with van der Waals surface area (Å²) in [5.41, 5.74) is 1.68. The number of benzene rings is 1. The van der Waals surface area contributed by atoms with Crippen LogP contribution in [0.5, 0.6) is 5.88 Å². The third-order valence-electron chi connectivity index (χ3n) is 4.85. The number of nitrogens with zero attached hydrogens (tertiary/aromatic N) is 5. The van der Waals surface area contributed by atoms with Gasteiger partial charge in [-0.15, -0.1) is 0 Å². The molecular formula is C20H20N6O2. The Kier molecular flexibility index (Phi) is 5.14. The summed E-state index contributed by atoms with van der Waals surface area (Å²) in [5, 5.41) is 21.9. The number of carbonyl (C=O) groups excluding carboxylic acids is 1. The summed E-state index contributed by atoms with van der Waals surface area (Å²) in [4.78, 5) is 22.3. The summed E-state index contributed by atoms with van der Waals surface area (Å²) < 4.78 is 5.12. The van der Waals surface area contributed by atoms with E-state index < -0.39 is 5.41 Å². The molecule has 1 atom stereocenters. The number of methoxy groups -OCH3 is 1. The average Bonchev–Trinajstić information content (AvgIpc) is 2.72. The number of fused-ring (bicyclic) bond motifs is 1. The zero-order chi connectivity index (χ0) is 20.3. The van der Waals surface area contributed by atoms with Gasteiger partial charge in [-0.05, 0) is 31.0 Å². The van der Waals surface area contributed by atoms with Crippen LogP contribution in [0.4, 0.5) is 10.5 Å². The van der Waals surface area contributed by atoms with E-state index in [4.69, 9.17) is 10.00 Å². The normalized spacial score (nSPS) is 14.9. The number of amides is 2. The summed E-state index contributed by atoms with van der Waals surface area (Å²) in [7, 11) is 1.46. The first-order chi connectivity index (χ1) is 13.4. The van der Waals surface area contributed by atoms with E-state index in [0.29, 0.717) is 24.6 Å². The Bertz CT molecular complexity index is 1010. The van der Waals surface area contributed by atoms with Gasteiger partial charge in [0.2, 0.25) is 5.88 Å². The van der Waals surface area contributed by atoms with E-state index in [1.807, 2.05) is 31.2 Å². The second-order valence-electron chi connectivity index (χ2n) is 6.76. The van der Waals surface area contributed by atoms with E-state index in [-0.39, 0.29) is 24.0 Å². The molecule has 0 radical (unpaired) electrons. The summed E-state index contributed by atoms with van der Waals surface area (Å²) in [5.74, 6) is 0.623. The minimum absolute atomic E-state index is 0.152. The smallest absolute Gasteiger partial charge is 0.322 e. The van der Waals surface area contributed by atoms with Crippen molar-refractivity contribution in [3.05, 3.63) is 46.9 Å². The number of urea groups is 1. The fourth-order valence-corrected chi connectivity index (χ4v) is 3.14. The van der Waals surface area contributed by atoms with Gasteiger partial charge >= 0.3 is 6.03 Å². The van der Waals surface area contributed by atoms with Gasteiger partial charge in [-0.2, -0.15) is 15.5 Å². The van der Waals surface area contributed by atoms with Crippen molar-refractivity contribution < 1.29 is 9.53 Å². The van der Waals surface area contributed by atoms with Gasteiger partial charge in [0.1, 0.15) is 17.6 Å². The molecule has 2 amide bonds. The standard InChI is InChI=1S/C20H20N6O2/c1-4-26-11-13-5-6-14(7-16(13)24-19(26)27)20(2,12-22)9-17-23-15(10-21)8-18(25-17)28-3/h5-8H,4,9,11H2,1-3H3,(H,24,27)/t20-/m0/s1. The highest BCUT2D eigenvalue weighted by Crippen LogP contribution is 2.32. The van der Waals surface area contributed by atoms with Gasteiger partial charge in [-0.3, -0.25) is 0 Å². The molecule has 2 heterocycles. The van der Waals surface area contributed by atoms with Gasteiger partial charge in [-0.25, -0.2) is 9.78 Å². The summed E-state index contributed by atoms with van der Waals surface area (Å²) in [6.45, 7) is 4.87. The second-order valence-corrected chi connectivity index (χ2v) is 6.76. The first-order valence-corrected chi connectivity index (χ1v) is 8.85. The van der Waals surface area contributed by atoms with Gasteiger partial charge in [0, 0.05) is 31.3 Å². The van der Waals surface area contributed by atoms with E-state index in [0.717, 1.165) is 11.1 Å². The Morgan fingerprint density at radius 3 is 2.75 bits per heavy atom. The predicted octanol–water partition coefficient (Wildman–Crippen LogP) is 2.75. The predicted molar refractivity (Wildman–Crippen MR) is 102 cm³/mol. The summed E-state index contributed by atoms with van der Waals surface area (Å²) in [6.07, 6.45) is 0.198. The quantitative estimate of drug-likeness (QED) is 0.858. The van der Waals surface area contributed by atoms with Crippen molar-refractivity contribution in [1.29, 1.82) is 10.5 Å². The van der Waals surface area contributed by atoms with Gasteiger partial charge in [0.25, 0.3) is 0 Å². The molecule has 142 valence electrons. The number of anilines is 1. The topological polar surface area (TPSA) is 115 Å². The monoisotopic (exact) mass is 376 g/mol. The third-order valence-corrected chi connectivity index (χ3v) is 4.85. The maximum Gasteiger partial charge on any atom is 0.322 e. The molecule has 1 N–H and O–H groups in total. The lowest BCUT2D eigenvalue weighted by atomic mass is 9.80. The maximum absolute atomic E-state index is 12.1. The van der Waals surface area contributed by atoms with E-state index in [1.54, 1.807) is 11.8 Å². The van der Waals surface area contributed by atoms with Crippen molar-refractivity contribution in [1.82, 2.24) is 14.9 Å². The maximum atomic E-state index is 12.1. The first kappa shape index (κ1) is 19.1. The van der Waals surface area contributed by atoms with Crippen LogP contribution in [-0.4, -0.2) is 34.6 Å². The molecule has 0 bridgehead atoms. The Labute approximate surface area is 163 Å². The Hall–Kier alpha value is -3.65. The van der Waals surface area contributed by atoms with E-state index >= 15 is 0 Å². The SMILES string of the molecule is CCN1Cc2ccc([C@](C)(C#N)Cc3nc(C#N)cc(OC)n3)cc2NC1=O. The number of carbonyl (C=O) groups is 1. The number of rotatable bonds is 5. The molecule has 2 aromatic rings. The molecule has 1 aliphatic heterocycles. The molecule has 1 aromatic carbocycles. The molecule has 8 nitrogen and oxygen atoms in total. The molecule has 1 aromatic heterocycles. The van der Waals surface area contributed by atoms with Crippen LogP contribution in [0.2, 0.25) is 0 Å². The molecule has 0 saturated carbocycles. The molecule has 0 saturated heterocycles. The molecule has 0 fully saturated rings. The van der Waals surface area contributed by atoms with Crippen molar-refractivity contribution in [3.8, 4) is 18.0 Å². The highest BCUT2D eigenvalue weighted by molar-refractivity contribution is 5.92. The van der Waals surface area contributed by atoms with Crippen LogP contribution < -0.4 is 10.1 Å². The third kappa shape index (κ3) is 3.58. The highest BCUT2D eigenvalue weighted by Gasteiger charge is 2.31. The van der Waals surface area contributed by atoms with Crippen molar-refractivity contribution in [2.75, 3.05) is 19.0 Å². The van der Waals surface area contributed by atoms with E-state index in [9.17, 15) is 10.1 Å².